The number of aromatic nitrogens is 4. The van der Waals surface area contributed by atoms with Crippen LogP contribution in [0, 0.1) is 6.92 Å². The van der Waals surface area contributed by atoms with E-state index in [0.717, 1.165) is 10.0 Å². The molecule has 1 atom stereocenters. The summed E-state index contributed by atoms with van der Waals surface area (Å²) in [5.74, 6) is -0.00466. The molecule has 8 nitrogen and oxygen atoms in total. The summed E-state index contributed by atoms with van der Waals surface area (Å²) in [5.41, 5.74) is 2.83. The molecule has 9 heteroatoms. The lowest BCUT2D eigenvalue weighted by Crippen LogP contribution is -2.48. The van der Waals surface area contributed by atoms with Crippen molar-refractivity contribution in [3.8, 4) is 0 Å². The zero-order valence-corrected chi connectivity index (χ0v) is 16.3. The predicted octanol–water partition coefficient (Wildman–Crippen LogP) is 1.87. The van der Waals surface area contributed by atoms with E-state index >= 15 is 0 Å². The van der Waals surface area contributed by atoms with Crippen LogP contribution in [0.2, 0.25) is 0 Å². The molecular formula is C18H18BrN5O3. The SMILES string of the molecule is Cc1c(Br)cccc1C(=O)N1CCOC(COn2nnc3cccnc32)C1. The number of carbonyl (C=O) groups is 1. The number of benzene rings is 1. The number of ether oxygens (including phenoxy) is 1. The van der Waals surface area contributed by atoms with E-state index in [0.29, 0.717) is 36.4 Å². The second-order valence-electron chi connectivity index (χ2n) is 6.26. The summed E-state index contributed by atoms with van der Waals surface area (Å²) in [6, 6.07) is 9.25. The van der Waals surface area contributed by atoms with Crippen LogP contribution in [-0.2, 0) is 4.74 Å². The van der Waals surface area contributed by atoms with Crippen molar-refractivity contribution in [1.82, 2.24) is 25.0 Å². The molecule has 1 saturated heterocycles. The van der Waals surface area contributed by atoms with Crippen LogP contribution in [0.3, 0.4) is 0 Å². The number of nitrogens with zero attached hydrogens (tertiary/aromatic N) is 5. The summed E-state index contributed by atoms with van der Waals surface area (Å²) in [4.78, 5) is 25.9. The van der Waals surface area contributed by atoms with Gasteiger partial charge >= 0.3 is 0 Å². The van der Waals surface area contributed by atoms with Gasteiger partial charge in [-0.3, -0.25) is 4.79 Å². The van der Waals surface area contributed by atoms with Gasteiger partial charge in [0.25, 0.3) is 5.91 Å². The molecule has 140 valence electrons. The van der Waals surface area contributed by atoms with Crippen LogP contribution in [0.15, 0.2) is 41.0 Å². The molecule has 3 aromatic rings. The molecule has 3 heterocycles. The lowest BCUT2D eigenvalue weighted by Gasteiger charge is -2.33. The minimum absolute atomic E-state index is 0.00466. The van der Waals surface area contributed by atoms with E-state index < -0.39 is 0 Å². The zero-order chi connectivity index (χ0) is 18.8. The van der Waals surface area contributed by atoms with E-state index in [9.17, 15) is 4.79 Å². The van der Waals surface area contributed by atoms with Crippen LogP contribution in [0.1, 0.15) is 15.9 Å². The molecule has 0 N–H and O–H groups in total. The molecule has 1 unspecified atom stereocenters. The average Bonchev–Trinajstić information content (AvgIpc) is 3.11. The molecule has 1 amide bonds. The Morgan fingerprint density at radius 3 is 3.15 bits per heavy atom. The smallest absolute Gasteiger partial charge is 0.254 e. The largest absolute Gasteiger partial charge is 0.391 e. The number of rotatable bonds is 4. The molecule has 1 aliphatic heterocycles. The molecule has 0 radical (unpaired) electrons. The first-order chi connectivity index (χ1) is 13.1. The second kappa shape index (κ2) is 7.61. The summed E-state index contributed by atoms with van der Waals surface area (Å²) < 4.78 is 6.67. The first-order valence-corrected chi connectivity index (χ1v) is 9.38. The second-order valence-corrected chi connectivity index (χ2v) is 7.11. The molecule has 1 fully saturated rings. The Bertz CT molecular complexity index is 977. The zero-order valence-electron chi connectivity index (χ0n) is 14.7. The summed E-state index contributed by atoms with van der Waals surface area (Å²) in [6.45, 7) is 3.64. The molecular weight excluding hydrogens is 414 g/mol. The Labute approximate surface area is 164 Å². The maximum Gasteiger partial charge on any atom is 0.254 e. The van der Waals surface area contributed by atoms with Crippen LogP contribution in [0.25, 0.3) is 11.2 Å². The third-order valence-electron chi connectivity index (χ3n) is 4.49. The number of hydrogen-bond donors (Lipinski definition) is 0. The van der Waals surface area contributed by atoms with Crippen molar-refractivity contribution in [3.05, 3.63) is 52.1 Å². The molecule has 0 aliphatic carbocycles. The van der Waals surface area contributed by atoms with Crippen molar-refractivity contribution < 1.29 is 14.4 Å². The van der Waals surface area contributed by atoms with Gasteiger partial charge < -0.3 is 14.5 Å². The normalized spacial score (nSPS) is 17.3. The minimum atomic E-state index is -0.252. The molecule has 27 heavy (non-hydrogen) atoms. The monoisotopic (exact) mass is 431 g/mol. The van der Waals surface area contributed by atoms with E-state index in [-0.39, 0.29) is 18.6 Å². The highest BCUT2D eigenvalue weighted by atomic mass is 79.9. The fourth-order valence-electron chi connectivity index (χ4n) is 3.00. The third-order valence-corrected chi connectivity index (χ3v) is 5.35. The first-order valence-electron chi connectivity index (χ1n) is 8.59. The van der Waals surface area contributed by atoms with Crippen molar-refractivity contribution >= 4 is 33.0 Å². The number of pyridine rings is 1. The van der Waals surface area contributed by atoms with Gasteiger partial charge in [-0.05, 0) is 42.0 Å². The molecule has 4 rings (SSSR count). The lowest BCUT2D eigenvalue weighted by molar-refractivity contribution is -0.0680. The van der Waals surface area contributed by atoms with Crippen LogP contribution in [0.5, 0.6) is 0 Å². The Morgan fingerprint density at radius 1 is 1.37 bits per heavy atom. The van der Waals surface area contributed by atoms with Crippen LogP contribution < -0.4 is 4.84 Å². The van der Waals surface area contributed by atoms with E-state index in [1.165, 1.54) is 4.85 Å². The highest BCUT2D eigenvalue weighted by Crippen LogP contribution is 2.21. The van der Waals surface area contributed by atoms with E-state index in [2.05, 4.69) is 31.2 Å². The van der Waals surface area contributed by atoms with Crippen molar-refractivity contribution in [1.29, 1.82) is 0 Å². The fraction of sp³-hybridized carbons (Fsp3) is 0.333. The van der Waals surface area contributed by atoms with E-state index in [1.807, 2.05) is 31.2 Å². The van der Waals surface area contributed by atoms with Gasteiger partial charge in [0, 0.05) is 22.8 Å². The van der Waals surface area contributed by atoms with E-state index in [1.54, 1.807) is 17.2 Å². The van der Waals surface area contributed by atoms with Gasteiger partial charge in [0.15, 0.2) is 0 Å². The maximum atomic E-state index is 12.9. The summed E-state index contributed by atoms with van der Waals surface area (Å²) >= 11 is 3.48. The highest BCUT2D eigenvalue weighted by molar-refractivity contribution is 9.10. The van der Waals surface area contributed by atoms with Gasteiger partial charge in [-0.15, -0.1) is 5.10 Å². The number of carbonyl (C=O) groups excluding carboxylic acids is 1. The van der Waals surface area contributed by atoms with Crippen molar-refractivity contribution in [3.63, 3.8) is 0 Å². The topological polar surface area (TPSA) is 82.4 Å². The van der Waals surface area contributed by atoms with Crippen molar-refractivity contribution in [2.45, 2.75) is 13.0 Å². The van der Waals surface area contributed by atoms with Crippen molar-refractivity contribution in [2.24, 2.45) is 0 Å². The summed E-state index contributed by atoms with van der Waals surface area (Å²) in [7, 11) is 0. The molecule has 2 aromatic heterocycles. The van der Waals surface area contributed by atoms with Crippen LogP contribution in [0.4, 0.5) is 0 Å². The Balaban J connectivity index is 1.42. The minimum Gasteiger partial charge on any atom is -0.391 e. The van der Waals surface area contributed by atoms with Gasteiger partial charge in [-0.25, -0.2) is 4.98 Å². The Kier molecular flexibility index (Phi) is 5.04. The summed E-state index contributed by atoms with van der Waals surface area (Å²) in [5, 5.41) is 7.94. The molecule has 0 bridgehead atoms. The van der Waals surface area contributed by atoms with Gasteiger partial charge in [0.1, 0.15) is 18.2 Å². The van der Waals surface area contributed by atoms with E-state index in [4.69, 9.17) is 9.57 Å². The third kappa shape index (κ3) is 3.65. The number of halogens is 1. The van der Waals surface area contributed by atoms with Gasteiger partial charge in [-0.1, -0.05) is 26.8 Å². The number of hydrogen-bond acceptors (Lipinski definition) is 6. The van der Waals surface area contributed by atoms with Crippen LogP contribution >= 0.6 is 15.9 Å². The quantitative estimate of drug-likeness (QED) is 0.626. The lowest BCUT2D eigenvalue weighted by atomic mass is 10.1. The summed E-state index contributed by atoms with van der Waals surface area (Å²) in [6.07, 6.45) is 1.40. The molecule has 1 aliphatic rings. The number of fused-ring (bicyclic) bond motifs is 1. The van der Waals surface area contributed by atoms with Gasteiger partial charge in [-0.2, -0.15) is 0 Å². The fourth-order valence-corrected chi connectivity index (χ4v) is 3.37. The number of morpholine rings is 1. The molecule has 0 spiro atoms. The van der Waals surface area contributed by atoms with Gasteiger partial charge in [0.05, 0.1) is 13.2 Å². The molecule has 0 saturated carbocycles. The highest BCUT2D eigenvalue weighted by Gasteiger charge is 2.27. The molecule has 1 aromatic carbocycles. The maximum absolute atomic E-state index is 12.9. The average molecular weight is 432 g/mol. The first kappa shape index (κ1) is 17.9. The van der Waals surface area contributed by atoms with Crippen LogP contribution in [-0.4, -0.2) is 63.4 Å². The van der Waals surface area contributed by atoms with Crippen molar-refractivity contribution in [2.75, 3.05) is 26.3 Å². The Morgan fingerprint density at radius 2 is 2.26 bits per heavy atom. The number of amides is 1. The van der Waals surface area contributed by atoms with Gasteiger partial charge in [0.2, 0.25) is 5.65 Å². The standard InChI is InChI=1S/C18H18BrN5O3/c1-12-14(4-2-5-15(12)19)18(25)23-8-9-26-13(10-23)11-27-24-17-16(21-22-24)6-3-7-20-17/h2-7,13H,8-11H2,1H3. The Hall–Kier alpha value is -2.52. The predicted molar refractivity (Wildman–Crippen MR) is 101 cm³/mol.